The molecule has 0 spiro atoms. The number of hydrogen-bond acceptors (Lipinski definition) is 4. The average Bonchev–Trinajstić information content (AvgIpc) is 2.40. The maximum Gasteiger partial charge on any atom is 0.312 e. The molecule has 92 valence electrons. The molecule has 0 aliphatic heterocycles. The van der Waals surface area contributed by atoms with Crippen molar-refractivity contribution in [3.63, 3.8) is 0 Å². The first-order chi connectivity index (χ1) is 8.79. The first kappa shape index (κ1) is 12.3. The van der Waals surface area contributed by atoms with Crippen LogP contribution in [0.4, 0.5) is 0 Å². The molecule has 0 saturated carbocycles. The highest BCUT2D eigenvalue weighted by atomic mass is 16.7. The molecule has 0 aliphatic carbocycles. The molecule has 0 fully saturated rings. The van der Waals surface area contributed by atoms with Gasteiger partial charge < -0.3 is 4.84 Å². The van der Waals surface area contributed by atoms with E-state index in [4.69, 9.17) is 4.84 Å². The van der Waals surface area contributed by atoms with E-state index < -0.39 is 0 Å². The molecule has 0 aliphatic rings. The van der Waals surface area contributed by atoms with Gasteiger partial charge in [-0.3, -0.25) is 9.78 Å². The molecule has 1 heterocycles. The maximum atomic E-state index is 10.2. The van der Waals surface area contributed by atoms with Crippen molar-refractivity contribution < 1.29 is 9.63 Å². The van der Waals surface area contributed by atoms with E-state index in [-0.39, 0.29) is 0 Å². The average molecular weight is 242 g/mol. The van der Waals surface area contributed by atoms with Crippen LogP contribution in [0.1, 0.15) is 5.56 Å². The molecule has 2 aromatic rings. The highest BCUT2D eigenvalue weighted by molar-refractivity contribution is 5.63. The summed E-state index contributed by atoms with van der Waals surface area (Å²) >= 11 is 0. The first-order valence-electron chi connectivity index (χ1n) is 5.60. The van der Waals surface area contributed by atoms with Gasteiger partial charge in [0.05, 0.1) is 6.54 Å². The Morgan fingerprint density at radius 1 is 1.22 bits per heavy atom. The number of pyridine rings is 1. The zero-order valence-corrected chi connectivity index (χ0v) is 10.1. The highest BCUT2D eigenvalue weighted by Crippen LogP contribution is 2.19. The van der Waals surface area contributed by atoms with Gasteiger partial charge in [-0.15, -0.1) is 5.06 Å². The molecule has 1 aromatic heterocycles. The molecule has 2 rings (SSSR count). The third-order valence-corrected chi connectivity index (χ3v) is 2.57. The number of carbonyl (C=O) groups excluding carboxylic acids is 1. The van der Waals surface area contributed by atoms with Crippen molar-refractivity contribution in [2.75, 3.05) is 7.05 Å². The molecular formula is C14H14N2O2. The minimum Gasteiger partial charge on any atom is -0.371 e. The van der Waals surface area contributed by atoms with E-state index in [9.17, 15) is 4.79 Å². The molecule has 4 nitrogen and oxygen atoms in total. The van der Waals surface area contributed by atoms with Gasteiger partial charge in [0.15, 0.2) is 0 Å². The molecule has 18 heavy (non-hydrogen) atoms. The van der Waals surface area contributed by atoms with Crippen LogP contribution in [0.2, 0.25) is 0 Å². The molecule has 0 unspecified atom stereocenters. The number of benzene rings is 1. The van der Waals surface area contributed by atoms with Gasteiger partial charge in [0.2, 0.25) is 0 Å². The lowest BCUT2D eigenvalue weighted by Gasteiger charge is -2.13. The molecule has 0 N–H and O–H groups in total. The molecule has 0 amide bonds. The summed E-state index contributed by atoms with van der Waals surface area (Å²) in [5.41, 5.74) is 3.31. The maximum absolute atomic E-state index is 10.2. The predicted octanol–water partition coefficient (Wildman–Crippen LogP) is 2.27. The second-order valence-corrected chi connectivity index (χ2v) is 3.92. The normalized spacial score (nSPS) is 10.3. The Kier molecular flexibility index (Phi) is 4.04. The first-order valence-corrected chi connectivity index (χ1v) is 5.60. The van der Waals surface area contributed by atoms with Crippen LogP contribution in [-0.2, 0) is 16.2 Å². The standard InChI is InChI=1S/C14H14N2O2/c1-16(18-11-17)10-12-3-2-4-14(9-12)13-5-7-15-8-6-13/h2-9,11H,10H2,1H3. The molecular weight excluding hydrogens is 228 g/mol. The summed E-state index contributed by atoms with van der Waals surface area (Å²) in [5.74, 6) is 0. The van der Waals surface area contributed by atoms with Crippen molar-refractivity contribution in [3.8, 4) is 11.1 Å². The lowest BCUT2D eigenvalue weighted by atomic mass is 10.0. The van der Waals surface area contributed by atoms with E-state index in [1.54, 1.807) is 19.4 Å². The quantitative estimate of drug-likeness (QED) is 0.596. The molecule has 0 bridgehead atoms. The zero-order valence-electron chi connectivity index (χ0n) is 10.1. The number of nitrogens with zero attached hydrogens (tertiary/aromatic N) is 2. The van der Waals surface area contributed by atoms with Crippen molar-refractivity contribution in [3.05, 3.63) is 54.4 Å². The van der Waals surface area contributed by atoms with Gasteiger partial charge in [-0.2, -0.15) is 0 Å². The van der Waals surface area contributed by atoms with Crippen LogP contribution < -0.4 is 0 Å². The van der Waals surface area contributed by atoms with Crippen molar-refractivity contribution in [2.24, 2.45) is 0 Å². The lowest BCUT2D eigenvalue weighted by Crippen LogP contribution is -2.17. The number of rotatable bonds is 5. The molecule has 1 aromatic carbocycles. The van der Waals surface area contributed by atoms with Crippen LogP contribution in [0, 0.1) is 0 Å². The van der Waals surface area contributed by atoms with Gasteiger partial charge in [0, 0.05) is 19.4 Å². The molecule has 0 radical (unpaired) electrons. The number of carbonyl (C=O) groups is 1. The smallest absolute Gasteiger partial charge is 0.312 e. The minimum atomic E-state index is 0.423. The summed E-state index contributed by atoms with van der Waals surface area (Å²) in [5, 5.41) is 1.48. The minimum absolute atomic E-state index is 0.423. The van der Waals surface area contributed by atoms with Crippen LogP contribution in [-0.4, -0.2) is 23.6 Å². The van der Waals surface area contributed by atoms with E-state index in [1.165, 1.54) is 5.06 Å². The van der Waals surface area contributed by atoms with Crippen LogP contribution in [0.5, 0.6) is 0 Å². The van der Waals surface area contributed by atoms with Crippen molar-refractivity contribution in [1.82, 2.24) is 10.0 Å². The summed E-state index contributed by atoms with van der Waals surface area (Å²) in [6, 6.07) is 12.0. The fourth-order valence-corrected chi connectivity index (χ4v) is 1.76. The van der Waals surface area contributed by atoms with Gasteiger partial charge in [-0.05, 0) is 34.9 Å². The van der Waals surface area contributed by atoms with E-state index in [0.29, 0.717) is 13.0 Å². The predicted molar refractivity (Wildman–Crippen MR) is 68.3 cm³/mol. The Morgan fingerprint density at radius 2 is 2.00 bits per heavy atom. The monoisotopic (exact) mass is 242 g/mol. The fraction of sp³-hybridized carbons (Fsp3) is 0.143. The van der Waals surface area contributed by atoms with Gasteiger partial charge in [-0.25, -0.2) is 0 Å². The summed E-state index contributed by atoms with van der Waals surface area (Å²) < 4.78 is 0. The van der Waals surface area contributed by atoms with E-state index >= 15 is 0 Å². The van der Waals surface area contributed by atoms with Gasteiger partial charge in [0.25, 0.3) is 0 Å². The number of hydrogen-bond donors (Lipinski definition) is 0. The zero-order chi connectivity index (χ0) is 12.8. The van der Waals surface area contributed by atoms with Crippen LogP contribution in [0.3, 0.4) is 0 Å². The van der Waals surface area contributed by atoms with E-state index in [0.717, 1.165) is 16.7 Å². The summed E-state index contributed by atoms with van der Waals surface area (Å²) in [7, 11) is 1.72. The van der Waals surface area contributed by atoms with Gasteiger partial charge in [0.1, 0.15) is 0 Å². The summed E-state index contributed by atoms with van der Waals surface area (Å²) in [6.45, 7) is 0.977. The lowest BCUT2D eigenvalue weighted by molar-refractivity contribution is -0.169. The van der Waals surface area contributed by atoms with Crippen LogP contribution in [0.25, 0.3) is 11.1 Å². The van der Waals surface area contributed by atoms with Crippen molar-refractivity contribution in [2.45, 2.75) is 6.54 Å². The van der Waals surface area contributed by atoms with Crippen LogP contribution >= 0.6 is 0 Å². The Balaban J connectivity index is 2.18. The third-order valence-electron chi connectivity index (χ3n) is 2.57. The number of hydroxylamine groups is 2. The highest BCUT2D eigenvalue weighted by Gasteiger charge is 2.02. The molecule has 4 heteroatoms. The summed E-state index contributed by atoms with van der Waals surface area (Å²) in [6.07, 6.45) is 3.53. The van der Waals surface area contributed by atoms with Crippen molar-refractivity contribution >= 4 is 6.47 Å². The Bertz CT molecular complexity index is 514. The van der Waals surface area contributed by atoms with Gasteiger partial charge in [-0.1, -0.05) is 18.2 Å². The Labute approximate surface area is 106 Å². The molecule has 0 atom stereocenters. The van der Waals surface area contributed by atoms with Crippen LogP contribution in [0.15, 0.2) is 48.8 Å². The number of aromatic nitrogens is 1. The van der Waals surface area contributed by atoms with E-state index in [1.807, 2.05) is 30.3 Å². The second kappa shape index (κ2) is 5.93. The second-order valence-electron chi connectivity index (χ2n) is 3.92. The summed E-state index contributed by atoms with van der Waals surface area (Å²) in [4.78, 5) is 19.0. The fourth-order valence-electron chi connectivity index (χ4n) is 1.76. The molecule has 0 saturated heterocycles. The largest absolute Gasteiger partial charge is 0.371 e. The Morgan fingerprint density at radius 3 is 2.72 bits per heavy atom. The van der Waals surface area contributed by atoms with Crippen molar-refractivity contribution in [1.29, 1.82) is 0 Å². The SMILES string of the molecule is CN(Cc1cccc(-c2ccncc2)c1)OC=O. The Hall–Kier alpha value is -2.20. The van der Waals surface area contributed by atoms with Gasteiger partial charge >= 0.3 is 6.47 Å². The topological polar surface area (TPSA) is 42.4 Å². The third kappa shape index (κ3) is 3.15. The van der Waals surface area contributed by atoms with E-state index in [2.05, 4.69) is 11.1 Å².